The third-order valence-electron chi connectivity index (χ3n) is 4.47. The van der Waals surface area contributed by atoms with Gasteiger partial charge in [0.05, 0.1) is 47.7 Å². The van der Waals surface area contributed by atoms with Crippen LogP contribution >= 0.6 is 22.9 Å². The zero-order valence-corrected chi connectivity index (χ0v) is 17.7. The van der Waals surface area contributed by atoms with Gasteiger partial charge in [0.2, 0.25) is 5.91 Å². The highest BCUT2D eigenvalue weighted by atomic mass is 35.5. The summed E-state index contributed by atoms with van der Waals surface area (Å²) in [7, 11) is 4.94. The minimum Gasteiger partial charge on any atom is -0.495 e. The summed E-state index contributed by atoms with van der Waals surface area (Å²) in [6, 6.07) is 11.3. The van der Waals surface area contributed by atoms with E-state index in [4.69, 9.17) is 21.1 Å². The predicted molar refractivity (Wildman–Crippen MR) is 114 cm³/mol. The number of hydrogen-bond acceptors (Lipinski definition) is 6. The van der Waals surface area contributed by atoms with E-state index in [1.54, 1.807) is 23.5 Å². The highest BCUT2D eigenvalue weighted by Crippen LogP contribution is 2.36. The van der Waals surface area contributed by atoms with Gasteiger partial charge in [-0.25, -0.2) is 4.98 Å². The second kappa shape index (κ2) is 8.77. The number of likely N-dealkylation sites (N-methyl/N-ethyl adjacent to an activating group) is 1. The van der Waals surface area contributed by atoms with E-state index < -0.39 is 0 Å². The van der Waals surface area contributed by atoms with Gasteiger partial charge >= 0.3 is 0 Å². The van der Waals surface area contributed by atoms with Crippen LogP contribution in [0.1, 0.15) is 18.0 Å². The first-order valence-corrected chi connectivity index (χ1v) is 9.89. The lowest BCUT2D eigenvalue weighted by atomic mass is 10.2. The summed E-state index contributed by atoms with van der Waals surface area (Å²) in [5.74, 6) is 0.771. The van der Waals surface area contributed by atoms with Crippen molar-refractivity contribution in [2.45, 2.75) is 13.0 Å². The molecule has 3 rings (SSSR count). The van der Waals surface area contributed by atoms with Gasteiger partial charge < -0.3 is 14.8 Å². The molecule has 0 aliphatic heterocycles. The maximum absolute atomic E-state index is 12.6. The van der Waals surface area contributed by atoms with Gasteiger partial charge in [-0.3, -0.25) is 9.69 Å². The molecule has 1 N–H and O–H groups in total. The van der Waals surface area contributed by atoms with E-state index in [2.05, 4.69) is 16.4 Å². The first-order chi connectivity index (χ1) is 13.4. The van der Waals surface area contributed by atoms with E-state index in [-0.39, 0.29) is 18.5 Å². The zero-order valence-electron chi connectivity index (χ0n) is 16.2. The van der Waals surface area contributed by atoms with Gasteiger partial charge in [-0.05, 0) is 26.1 Å². The van der Waals surface area contributed by atoms with Crippen LogP contribution in [0, 0.1) is 0 Å². The minimum absolute atomic E-state index is 0.00444. The summed E-state index contributed by atoms with van der Waals surface area (Å²) in [6.07, 6.45) is 0. The number of fused-ring (bicyclic) bond motifs is 1. The molecule has 2 aromatic carbocycles. The largest absolute Gasteiger partial charge is 0.495 e. The number of benzene rings is 2. The number of carbonyl (C=O) groups is 1. The molecule has 3 aromatic rings. The SMILES string of the molecule is COc1cc(NC(=O)CN(C)[C@@H](C)c2nc3ccccc3s2)c(OC)cc1Cl. The van der Waals surface area contributed by atoms with Crippen LogP contribution in [0.15, 0.2) is 36.4 Å². The van der Waals surface area contributed by atoms with Crippen molar-refractivity contribution in [1.82, 2.24) is 9.88 Å². The van der Waals surface area contributed by atoms with Crippen molar-refractivity contribution >= 4 is 44.7 Å². The number of anilines is 1. The number of ether oxygens (including phenoxy) is 2. The summed E-state index contributed by atoms with van der Waals surface area (Å²) in [6.45, 7) is 2.24. The van der Waals surface area contributed by atoms with Gasteiger partial charge in [0, 0.05) is 12.1 Å². The van der Waals surface area contributed by atoms with Crippen LogP contribution in [0.4, 0.5) is 5.69 Å². The highest BCUT2D eigenvalue weighted by Gasteiger charge is 2.20. The molecule has 0 saturated carbocycles. The third kappa shape index (κ3) is 4.38. The molecule has 0 radical (unpaired) electrons. The van der Waals surface area contributed by atoms with Gasteiger partial charge in [0.25, 0.3) is 0 Å². The highest BCUT2D eigenvalue weighted by molar-refractivity contribution is 7.18. The number of aromatic nitrogens is 1. The molecule has 8 heteroatoms. The first-order valence-electron chi connectivity index (χ1n) is 8.70. The van der Waals surface area contributed by atoms with Gasteiger partial charge in [-0.1, -0.05) is 23.7 Å². The van der Waals surface area contributed by atoms with Crippen molar-refractivity contribution in [3.05, 3.63) is 46.4 Å². The maximum atomic E-state index is 12.6. The Bertz CT molecular complexity index is 959. The van der Waals surface area contributed by atoms with Crippen LogP contribution in [0.2, 0.25) is 5.02 Å². The lowest BCUT2D eigenvalue weighted by Crippen LogP contribution is -2.32. The number of methoxy groups -OCH3 is 2. The Morgan fingerprint density at radius 3 is 2.64 bits per heavy atom. The molecule has 0 bridgehead atoms. The lowest BCUT2D eigenvalue weighted by molar-refractivity contribution is -0.117. The molecule has 148 valence electrons. The molecule has 6 nitrogen and oxygen atoms in total. The van der Waals surface area contributed by atoms with Crippen LogP contribution in [0.25, 0.3) is 10.2 Å². The van der Waals surface area contributed by atoms with E-state index in [9.17, 15) is 4.79 Å². The molecule has 1 aromatic heterocycles. The lowest BCUT2D eigenvalue weighted by Gasteiger charge is -2.22. The van der Waals surface area contributed by atoms with Crippen molar-refractivity contribution in [2.24, 2.45) is 0 Å². The fourth-order valence-corrected chi connectivity index (χ4v) is 4.08. The molecule has 0 fully saturated rings. The number of carbonyl (C=O) groups excluding carboxylic acids is 1. The summed E-state index contributed by atoms with van der Waals surface area (Å²) >= 11 is 7.75. The van der Waals surface area contributed by atoms with Crippen LogP contribution in [-0.2, 0) is 4.79 Å². The number of halogens is 1. The Morgan fingerprint density at radius 2 is 1.96 bits per heavy atom. The van der Waals surface area contributed by atoms with Crippen LogP contribution in [0.5, 0.6) is 11.5 Å². The van der Waals surface area contributed by atoms with Gasteiger partial charge in [-0.15, -0.1) is 11.3 Å². The van der Waals surface area contributed by atoms with Crippen LogP contribution in [-0.4, -0.2) is 43.6 Å². The summed E-state index contributed by atoms with van der Waals surface area (Å²) < 4.78 is 11.7. The second-order valence-corrected chi connectivity index (χ2v) is 7.82. The molecule has 28 heavy (non-hydrogen) atoms. The molecular weight excluding hydrogens is 398 g/mol. The average molecular weight is 420 g/mol. The Hall–Kier alpha value is -2.35. The number of rotatable bonds is 7. The standard InChI is InChI=1S/C20H22ClN3O3S/c1-12(20-23-14-7-5-6-8-18(14)28-20)24(2)11-19(25)22-15-10-16(26-3)13(21)9-17(15)27-4/h5-10,12H,11H2,1-4H3,(H,22,25)/t12-/m0/s1. The number of amides is 1. The van der Waals surface area contributed by atoms with E-state index in [1.165, 1.54) is 14.2 Å². The number of thiazole rings is 1. The molecule has 0 spiro atoms. The molecule has 1 heterocycles. The minimum atomic E-state index is -0.168. The van der Waals surface area contributed by atoms with Crippen molar-refractivity contribution in [3.63, 3.8) is 0 Å². The van der Waals surface area contributed by atoms with Gasteiger partial charge in [0.1, 0.15) is 16.5 Å². The molecule has 1 amide bonds. The molecule has 1 atom stereocenters. The summed E-state index contributed by atoms with van der Waals surface area (Å²) in [5.41, 5.74) is 1.49. The number of nitrogens with zero attached hydrogens (tertiary/aromatic N) is 2. The monoisotopic (exact) mass is 419 g/mol. The quantitative estimate of drug-likeness (QED) is 0.606. The van der Waals surface area contributed by atoms with E-state index >= 15 is 0 Å². The van der Waals surface area contributed by atoms with E-state index in [1.807, 2.05) is 37.1 Å². The number of nitrogens with one attached hydrogen (secondary N) is 1. The van der Waals surface area contributed by atoms with Crippen molar-refractivity contribution < 1.29 is 14.3 Å². The summed E-state index contributed by atoms with van der Waals surface area (Å²) in [4.78, 5) is 19.2. The molecule has 0 aliphatic rings. The second-order valence-electron chi connectivity index (χ2n) is 6.35. The fraction of sp³-hybridized carbons (Fsp3) is 0.300. The van der Waals surface area contributed by atoms with E-state index in [0.717, 1.165) is 15.2 Å². The molecular formula is C20H22ClN3O3S. The third-order valence-corrected chi connectivity index (χ3v) is 5.97. The topological polar surface area (TPSA) is 63.7 Å². The molecule has 0 unspecified atom stereocenters. The Morgan fingerprint density at radius 1 is 1.25 bits per heavy atom. The zero-order chi connectivity index (χ0) is 20.3. The average Bonchev–Trinajstić information content (AvgIpc) is 3.12. The molecule has 0 saturated heterocycles. The first kappa shape index (κ1) is 20.4. The van der Waals surface area contributed by atoms with Gasteiger partial charge in [-0.2, -0.15) is 0 Å². The van der Waals surface area contributed by atoms with Gasteiger partial charge in [0.15, 0.2) is 0 Å². The van der Waals surface area contributed by atoms with Crippen molar-refractivity contribution in [1.29, 1.82) is 0 Å². The Labute approximate surface area is 173 Å². The summed E-state index contributed by atoms with van der Waals surface area (Å²) in [5, 5.41) is 4.26. The number of para-hydroxylation sites is 1. The number of hydrogen-bond donors (Lipinski definition) is 1. The van der Waals surface area contributed by atoms with Crippen molar-refractivity contribution in [2.75, 3.05) is 33.1 Å². The Balaban J connectivity index is 1.70. The van der Waals surface area contributed by atoms with Crippen LogP contribution in [0.3, 0.4) is 0 Å². The predicted octanol–water partition coefficient (Wildman–Crippen LogP) is 4.60. The fourth-order valence-electron chi connectivity index (χ4n) is 2.77. The molecule has 0 aliphatic carbocycles. The maximum Gasteiger partial charge on any atom is 0.238 e. The smallest absolute Gasteiger partial charge is 0.238 e. The van der Waals surface area contributed by atoms with Crippen LogP contribution < -0.4 is 14.8 Å². The normalized spacial score (nSPS) is 12.2. The Kier molecular flexibility index (Phi) is 6.39. The van der Waals surface area contributed by atoms with E-state index in [0.29, 0.717) is 22.2 Å². The van der Waals surface area contributed by atoms with Crippen molar-refractivity contribution in [3.8, 4) is 11.5 Å².